The SMILES string of the molecule is O=C([O-])c1noc(C2CC2)n1.[K+]. The number of carboxylic acids is 1. The van der Waals surface area contributed by atoms with Gasteiger partial charge in [0.1, 0.15) is 5.97 Å². The maximum atomic E-state index is 10.2. The Morgan fingerprint density at radius 1 is 1.58 bits per heavy atom. The number of aromatic nitrogens is 2. The van der Waals surface area contributed by atoms with Crippen molar-refractivity contribution in [3.63, 3.8) is 0 Å². The maximum absolute atomic E-state index is 10.2. The fourth-order valence-electron chi connectivity index (χ4n) is 0.814. The molecule has 12 heavy (non-hydrogen) atoms. The van der Waals surface area contributed by atoms with Gasteiger partial charge in [-0.25, -0.2) is 0 Å². The summed E-state index contributed by atoms with van der Waals surface area (Å²) in [7, 11) is 0. The molecule has 0 saturated heterocycles. The first-order chi connectivity index (χ1) is 5.27. The van der Waals surface area contributed by atoms with Crippen molar-refractivity contribution in [3.05, 3.63) is 11.7 Å². The molecular formula is C6H5KN2O3. The smallest absolute Gasteiger partial charge is 0.541 e. The number of hydrogen-bond donors (Lipinski definition) is 0. The van der Waals surface area contributed by atoms with Crippen LogP contribution in [0.1, 0.15) is 35.3 Å². The molecule has 0 unspecified atom stereocenters. The van der Waals surface area contributed by atoms with Crippen LogP contribution < -0.4 is 56.5 Å². The molecule has 0 radical (unpaired) electrons. The summed E-state index contributed by atoms with van der Waals surface area (Å²) < 4.78 is 4.67. The molecule has 0 amide bonds. The normalized spacial score (nSPS) is 15.3. The van der Waals surface area contributed by atoms with Gasteiger partial charge in [0.15, 0.2) is 0 Å². The summed E-state index contributed by atoms with van der Waals surface area (Å²) in [6, 6.07) is 0. The Morgan fingerprint density at radius 2 is 2.25 bits per heavy atom. The zero-order chi connectivity index (χ0) is 7.84. The van der Waals surface area contributed by atoms with Crippen LogP contribution in [0.5, 0.6) is 0 Å². The molecule has 0 atom stereocenters. The maximum Gasteiger partial charge on any atom is 1.00 e. The Morgan fingerprint density at radius 3 is 2.67 bits per heavy atom. The van der Waals surface area contributed by atoms with Crippen LogP contribution in [0.3, 0.4) is 0 Å². The molecule has 0 aliphatic heterocycles. The molecule has 1 saturated carbocycles. The minimum Gasteiger partial charge on any atom is -0.541 e. The minimum absolute atomic E-state index is 0. The van der Waals surface area contributed by atoms with Gasteiger partial charge in [0.2, 0.25) is 11.7 Å². The van der Waals surface area contributed by atoms with Crippen LogP contribution in [0.4, 0.5) is 0 Å². The van der Waals surface area contributed by atoms with Gasteiger partial charge in [-0.15, -0.1) is 0 Å². The molecule has 0 bridgehead atoms. The minimum atomic E-state index is -1.39. The molecule has 58 valence electrons. The summed E-state index contributed by atoms with van der Waals surface area (Å²) >= 11 is 0. The van der Waals surface area contributed by atoms with E-state index in [2.05, 4.69) is 14.7 Å². The summed E-state index contributed by atoms with van der Waals surface area (Å²) in [6.07, 6.45) is 2.02. The van der Waals surface area contributed by atoms with Crippen LogP contribution >= 0.6 is 0 Å². The Labute approximate surface area is 111 Å². The third-order valence-electron chi connectivity index (χ3n) is 1.55. The average molecular weight is 192 g/mol. The molecule has 0 N–H and O–H groups in total. The second-order valence-corrected chi connectivity index (χ2v) is 2.52. The van der Waals surface area contributed by atoms with Crippen molar-refractivity contribution in [2.75, 3.05) is 0 Å². The summed E-state index contributed by atoms with van der Waals surface area (Å²) in [4.78, 5) is 13.8. The van der Waals surface area contributed by atoms with Gasteiger partial charge in [0, 0.05) is 5.92 Å². The van der Waals surface area contributed by atoms with Crippen LogP contribution in [0.15, 0.2) is 4.52 Å². The van der Waals surface area contributed by atoms with Gasteiger partial charge < -0.3 is 14.4 Å². The number of carbonyl (C=O) groups is 1. The van der Waals surface area contributed by atoms with Crippen molar-refractivity contribution >= 4 is 5.97 Å². The van der Waals surface area contributed by atoms with Crippen LogP contribution in [-0.4, -0.2) is 16.1 Å². The largest absolute Gasteiger partial charge is 1.00 e. The van der Waals surface area contributed by atoms with E-state index in [9.17, 15) is 9.90 Å². The van der Waals surface area contributed by atoms with Gasteiger partial charge >= 0.3 is 51.4 Å². The summed E-state index contributed by atoms with van der Waals surface area (Å²) in [6.45, 7) is 0. The molecule has 1 aliphatic carbocycles. The van der Waals surface area contributed by atoms with Crippen LogP contribution in [0, 0.1) is 0 Å². The molecule has 6 heteroatoms. The Hall–Kier alpha value is 0.246. The number of rotatable bonds is 2. The summed E-state index contributed by atoms with van der Waals surface area (Å²) in [5.74, 6) is -1.03. The van der Waals surface area contributed by atoms with E-state index in [-0.39, 0.29) is 63.1 Å². The number of carbonyl (C=O) groups excluding carboxylic acids is 1. The van der Waals surface area contributed by atoms with Crippen molar-refractivity contribution in [1.82, 2.24) is 10.1 Å². The number of aromatic carboxylic acids is 1. The van der Waals surface area contributed by atoms with E-state index < -0.39 is 5.97 Å². The number of carboxylic acid groups (broad SMARTS) is 1. The van der Waals surface area contributed by atoms with Crippen LogP contribution in [-0.2, 0) is 0 Å². The molecule has 5 nitrogen and oxygen atoms in total. The summed E-state index contributed by atoms with van der Waals surface area (Å²) in [5.41, 5.74) is 0. The van der Waals surface area contributed by atoms with Gasteiger partial charge in [-0.3, -0.25) is 0 Å². The fraction of sp³-hybridized carbons (Fsp3) is 0.500. The molecule has 1 fully saturated rings. The Balaban J connectivity index is 0.000000720. The topological polar surface area (TPSA) is 79.0 Å². The van der Waals surface area contributed by atoms with E-state index in [1.165, 1.54) is 0 Å². The van der Waals surface area contributed by atoms with Gasteiger partial charge in [0.25, 0.3) is 0 Å². The van der Waals surface area contributed by atoms with Gasteiger partial charge in [-0.05, 0) is 12.8 Å². The Kier molecular flexibility index (Phi) is 3.42. The monoisotopic (exact) mass is 192 g/mol. The fourth-order valence-corrected chi connectivity index (χ4v) is 0.814. The molecule has 1 heterocycles. The van der Waals surface area contributed by atoms with Crippen LogP contribution in [0.25, 0.3) is 0 Å². The van der Waals surface area contributed by atoms with Crippen molar-refractivity contribution in [2.24, 2.45) is 0 Å². The molecular weight excluding hydrogens is 187 g/mol. The molecule has 0 aromatic carbocycles. The predicted octanol–water partition coefficient (Wildman–Crippen LogP) is -3.69. The third-order valence-corrected chi connectivity index (χ3v) is 1.55. The first-order valence-corrected chi connectivity index (χ1v) is 3.32. The van der Waals surface area contributed by atoms with Gasteiger partial charge in [0.05, 0.1) is 0 Å². The second-order valence-electron chi connectivity index (χ2n) is 2.52. The quantitative estimate of drug-likeness (QED) is 0.451. The second kappa shape index (κ2) is 3.97. The van der Waals surface area contributed by atoms with Crippen molar-refractivity contribution in [3.8, 4) is 0 Å². The average Bonchev–Trinajstić information content (AvgIpc) is 2.68. The summed E-state index contributed by atoms with van der Waals surface area (Å²) in [5, 5.41) is 13.4. The zero-order valence-corrected chi connectivity index (χ0v) is 9.73. The van der Waals surface area contributed by atoms with E-state index in [0.29, 0.717) is 5.89 Å². The molecule has 2 rings (SSSR count). The van der Waals surface area contributed by atoms with E-state index in [0.717, 1.165) is 12.8 Å². The zero-order valence-electron chi connectivity index (χ0n) is 6.61. The first-order valence-electron chi connectivity index (χ1n) is 3.32. The number of nitrogens with zero attached hydrogens (tertiary/aromatic N) is 2. The predicted molar refractivity (Wildman–Crippen MR) is 30.6 cm³/mol. The van der Waals surface area contributed by atoms with Crippen molar-refractivity contribution in [2.45, 2.75) is 18.8 Å². The molecule has 1 aliphatic rings. The molecule has 1 aromatic rings. The van der Waals surface area contributed by atoms with Gasteiger partial charge in [-0.1, -0.05) is 5.16 Å². The Bertz CT molecular complexity index is 295. The van der Waals surface area contributed by atoms with E-state index in [4.69, 9.17) is 0 Å². The standard InChI is InChI=1S/C6H6N2O3.K/c9-6(10)4-7-5(11-8-4)3-1-2-3;/h3H,1-2H2,(H,9,10);/q;+1/p-1. The van der Waals surface area contributed by atoms with Crippen molar-refractivity contribution < 1.29 is 65.8 Å². The van der Waals surface area contributed by atoms with E-state index in [1.807, 2.05) is 0 Å². The van der Waals surface area contributed by atoms with E-state index >= 15 is 0 Å². The van der Waals surface area contributed by atoms with Gasteiger partial charge in [-0.2, -0.15) is 4.98 Å². The van der Waals surface area contributed by atoms with E-state index in [1.54, 1.807) is 0 Å². The molecule has 1 aromatic heterocycles. The van der Waals surface area contributed by atoms with Crippen molar-refractivity contribution in [1.29, 1.82) is 0 Å². The molecule has 0 spiro atoms. The first kappa shape index (κ1) is 10.3. The number of hydrogen-bond acceptors (Lipinski definition) is 5. The third kappa shape index (κ3) is 2.14. The van der Waals surface area contributed by atoms with Crippen LogP contribution in [0.2, 0.25) is 0 Å².